The Hall–Kier alpha value is -8.02. The van der Waals surface area contributed by atoms with Crippen LogP contribution in [0.2, 0.25) is 0 Å². The third-order valence-electron chi connectivity index (χ3n) is 12.6. The maximum atomic E-state index is 6.73. The van der Waals surface area contributed by atoms with Crippen molar-refractivity contribution in [3.05, 3.63) is 218 Å². The van der Waals surface area contributed by atoms with Gasteiger partial charge in [0.25, 0.3) is 0 Å². The van der Waals surface area contributed by atoms with Gasteiger partial charge in [-0.1, -0.05) is 155 Å². The smallest absolute Gasteiger partial charge is 0.145 e. The molecule has 0 spiro atoms. The number of fused-ring (bicyclic) bond motifs is 4. The molecule has 0 aliphatic rings. The van der Waals surface area contributed by atoms with Crippen LogP contribution >= 0.6 is 0 Å². The molecule has 8 aromatic carbocycles. The van der Waals surface area contributed by atoms with Gasteiger partial charge >= 0.3 is 0 Å². The molecule has 0 unspecified atom stereocenters. The van der Waals surface area contributed by atoms with E-state index < -0.39 is 0 Å². The van der Waals surface area contributed by atoms with Crippen LogP contribution in [0, 0.1) is 0 Å². The van der Waals surface area contributed by atoms with Gasteiger partial charge in [-0.3, -0.25) is 9.13 Å². The number of benzene rings is 8. The molecule has 0 bridgehead atoms. The van der Waals surface area contributed by atoms with E-state index in [-0.39, 0.29) is 11.8 Å². The lowest BCUT2D eigenvalue weighted by molar-refractivity contribution is 0.483. The van der Waals surface area contributed by atoms with Gasteiger partial charge in [-0.05, 0) is 123 Å². The second kappa shape index (κ2) is 16.6. The first-order chi connectivity index (χ1) is 31.9. The van der Waals surface area contributed by atoms with Gasteiger partial charge in [0.15, 0.2) is 0 Å². The van der Waals surface area contributed by atoms with Crippen molar-refractivity contribution in [2.75, 3.05) is 0 Å². The Bertz CT molecular complexity index is 3460. The van der Waals surface area contributed by atoms with Crippen LogP contribution in [-0.2, 0) is 0 Å². The summed E-state index contributed by atoms with van der Waals surface area (Å²) >= 11 is 0. The van der Waals surface area contributed by atoms with Crippen LogP contribution < -0.4 is 4.74 Å². The van der Waals surface area contributed by atoms with Gasteiger partial charge in [-0.15, -0.1) is 0 Å². The average Bonchev–Trinajstić information content (AvgIpc) is 3.90. The first kappa shape index (κ1) is 39.8. The summed E-state index contributed by atoms with van der Waals surface area (Å²) in [6.07, 6.45) is 1.84. The Morgan fingerprint density at radius 2 is 0.954 bits per heavy atom. The second-order valence-corrected chi connectivity index (χ2v) is 17.4. The SMILES string of the molecule is CC(C)c1cc(-c2ccc(-c3ccc(-c4ccccc4)cc3)cc2)cc(C(C)C)c1-n1c(-c2cccc(Oc3ccc4c5ccccc5n(-c5ccccn5)c4c3)c2)nc2ccccc21. The third-order valence-corrected chi connectivity index (χ3v) is 12.6. The fourth-order valence-corrected chi connectivity index (χ4v) is 9.35. The normalized spacial score (nSPS) is 11.7. The Balaban J connectivity index is 0.973. The minimum Gasteiger partial charge on any atom is -0.457 e. The van der Waals surface area contributed by atoms with Gasteiger partial charge in [0.2, 0.25) is 0 Å². The number of nitrogens with zero attached hydrogens (tertiary/aromatic N) is 4. The van der Waals surface area contributed by atoms with Crippen LogP contribution in [0.1, 0.15) is 50.7 Å². The number of imidazole rings is 1. The molecule has 0 aliphatic carbocycles. The summed E-state index contributed by atoms with van der Waals surface area (Å²) in [5.41, 5.74) is 16.2. The van der Waals surface area contributed by atoms with E-state index in [4.69, 9.17) is 14.7 Å². The lowest BCUT2D eigenvalue weighted by Gasteiger charge is -2.24. The number of aromatic nitrogens is 4. The van der Waals surface area contributed by atoms with E-state index in [0.29, 0.717) is 0 Å². The molecule has 0 amide bonds. The molecule has 0 fully saturated rings. The zero-order valence-corrected chi connectivity index (χ0v) is 37.0. The minimum absolute atomic E-state index is 0.241. The Labute approximate surface area is 379 Å². The topological polar surface area (TPSA) is 44.9 Å². The summed E-state index contributed by atoms with van der Waals surface area (Å²) < 4.78 is 11.3. The quantitative estimate of drug-likeness (QED) is 0.138. The molecule has 3 heterocycles. The molecule has 0 N–H and O–H groups in total. The van der Waals surface area contributed by atoms with Crippen LogP contribution in [0.3, 0.4) is 0 Å². The molecule has 0 aliphatic heterocycles. The maximum absolute atomic E-state index is 6.73. The summed E-state index contributed by atoms with van der Waals surface area (Å²) in [4.78, 5) is 10.1. The highest BCUT2D eigenvalue weighted by Gasteiger charge is 2.24. The van der Waals surface area contributed by atoms with Crippen molar-refractivity contribution in [2.24, 2.45) is 0 Å². The summed E-state index contributed by atoms with van der Waals surface area (Å²) in [5, 5.41) is 2.32. The van der Waals surface area contributed by atoms with Crippen molar-refractivity contribution in [2.45, 2.75) is 39.5 Å². The highest BCUT2D eigenvalue weighted by molar-refractivity contribution is 6.09. The number of pyridine rings is 1. The van der Waals surface area contributed by atoms with Crippen molar-refractivity contribution in [3.8, 4) is 67.8 Å². The van der Waals surface area contributed by atoms with Gasteiger partial charge < -0.3 is 4.74 Å². The van der Waals surface area contributed by atoms with E-state index >= 15 is 0 Å². The molecule has 11 aromatic rings. The number of para-hydroxylation sites is 3. The molecular formula is C60H48N4O. The van der Waals surface area contributed by atoms with E-state index in [1.54, 1.807) is 0 Å². The molecule has 11 rings (SSSR count). The summed E-state index contributed by atoms with van der Waals surface area (Å²) in [6, 6.07) is 70.9. The maximum Gasteiger partial charge on any atom is 0.145 e. The lowest BCUT2D eigenvalue weighted by atomic mass is 9.87. The molecule has 5 nitrogen and oxygen atoms in total. The monoisotopic (exact) mass is 840 g/mol. The van der Waals surface area contributed by atoms with E-state index in [2.05, 4.69) is 213 Å². The van der Waals surface area contributed by atoms with Crippen LogP contribution in [0.25, 0.3) is 89.1 Å². The predicted molar refractivity (Wildman–Crippen MR) is 270 cm³/mol. The zero-order valence-electron chi connectivity index (χ0n) is 37.0. The molecule has 5 heteroatoms. The summed E-state index contributed by atoms with van der Waals surface area (Å²) in [5.74, 6) is 3.71. The average molecular weight is 841 g/mol. The Morgan fingerprint density at radius 1 is 0.400 bits per heavy atom. The van der Waals surface area contributed by atoms with Crippen molar-refractivity contribution in [1.29, 1.82) is 0 Å². The van der Waals surface area contributed by atoms with E-state index in [0.717, 1.165) is 56.2 Å². The Morgan fingerprint density at radius 3 is 1.62 bits per heavy atom. The van der Waals surface area contributed by atoms with Crippen molar-refractivity contribution >= 4 is 32.8 Å². The molecular weight excluding hydrogens is 793 g/mol. The van der Waals surface area contributed by atoms with E-state index in [1.807, 2.05) is 30.5 Å². The largest absolute Gasteiger partial charge is 0.457 e. The molecule has 0 radical (unpaired) electrons. The minimum atomic E-state index is 0.241. The number of rotatable bonds is 10. The molecule has 0 atom stereocenters. The fourth-order valence-electron chi connectivity index (χ4n) is 9.35. The molecule has 3 aromatic heterocycles. The van der Waals surface area contributed by atoms with Gasteiger partial charge in [-0.25, -0.2) is 9.97 Å². The lowest BCUT2D eigenvalue weighted by Crippen LogP contribution is -2.09. The molecule has 0 saturated heterocycles. The molecule has 0 saturated carbocycles. The first-order valence-corrected chi connectivity index (χ1v) is 22.5. The predicted octanol–water partition coefficient (Wildman–Crippen LogP) is 16.2. The highest BCUT2D eigenvalue weighted by Crippen LogP contribution is 2.42. The van der Waals surface area contributed by atoms with Gasteiger partial charge in [0, 0.05) is 28.6 Å². The van der Waals surface area contributed by atoms with Crippen LogP contribution in [0.5, 0.6) is 11.5 Å². The molecule has 314 valence electrons. The number of ether oxygens (including phenoxy) is 1. The summed E-state index contributed by atoms with van der Waals surface area (Å²) in [6.45, 7) is 9.19. The standard InChI is InChI=1S/C60H48N4O/c1-39(2)52-36-47(45-30-28-44(29-31-45)43-26-24-42(25-27-43)41-15-6-5-7-16-41)37-53(40(3)4)59(52)64-56-22-11-9-20-54(56)62-60(64)46-17-14-18-48(35-46)65-49-32-33-51-50-19-8-10-21-55(50)63(57(51)38-49)58-23-12-13-34-61-58/h5-40H,1-4H3. The van der Waals surface area contributed by atoms with Crippen molar-refractivity contribution < 1.29 is 4.74 Å². The Kier molecular flexibility index (Phi) is 10.2. The van der Waals surface area contributed by atoms with Crippen LogP contribution in [0.4, 0.5) is 0 Å². The third kappa shape index (κ3) is 7.35. The number of hydrogen-bond donors (Lipinski definition) is 0. The van der Waals surface area contributed by atoms with Crippen LogP contribution in [-0.4, -0.2) is 19.1 Å². The van der Waals surface area contributed by atoms with Gasteiger partial charge in [0.1, 0.15) is 23.1 Å². The zero-order chi connectivity index (χ0) is 44.0. The summed E-state index contributed by atoms with van der Waals surface area (Å²) in [7, 11) is 0. The molecule has 65 heavy (non-hydrogen) atoms. The van der Waals surface area contributed by atoms with Crippen LogP contribution in [0.15, 0.2) is 206 Å². The first-order valence-electron chi connectivity index (χ1n) is 22.5. The van der Waals surface area contributed by atoms with Crippen molar-refractivity contribution in [1.82, 2.24) is 19.1 Å². The highest BCUT2D eigenvalue weighted by atomic mass is 16.5. The van der Waals surface area contributed by atoms with Crippen molar-refractivity contribution in [3.63, 3.8) is 0 Å². The van der Waals surface area contributed by atoms with Gasteiger partial charge in [0.05, 0.1) is 27.8 Å². The van der Waals surface area contributed by atoms with E-state index in [9.17, 15) is 0 Å². The number of hydrogen-bond acceptors (Lipinski definition) is 3. The van der Waals surface area contributed by atoms with Gasteiger partial charge in [-0.2, -0.15) is 0 Å². The second-order valence-electron chi connectivity index (χ2n) is 17.4. The van der Waals surface area contributed by atoms with E-state index in [1.165, 1.54) is 55.6 Å². The fraction of sp³-hybridized carbons (Fsp3) is 0.100.